The van der Waals surface area contributed by atoms with Crippen LogP contribution < -0.4 is 5.73 Å². The number of carboxylic acids is 1. The summed E-state index contributed by atoms with van der Waals surface area (Å²) in [6.45, 7) is 2.70. The zero-order chi connectivity index (χ0) is 10.1. The third kappa shape index (κ3) is 2.25. The minimum Gasteiger partial charge on any atom is -0.481 e. The number of rotatable bonds is 3. The lowest BCUT2D eigenvalue weighted by Crippen LogP contribution is -2.50. The Bertz CT molecular complexity index is 228. The summed E-state index contributed by atoms with van der Waals surface area (Å²) in [7, 11) is 0. The number of hydrogen-bond acceptors (Lipinski definition) is 3. The topological polar surface area (TPSA) is 66.6 Å². The largest absolute Gasteiger partial charge is 0.481 e. The molecule has 0 bridgehead atoms. The standard InChI is InChI=1S/C10H18N2O2/c11-9-3-4-12(5-7-1-2-7)6-8(9)10(13)14/h7-9H,1-6,11H2,(H,13,14). The maximum atomic E-state index is 10.9. The summed E-state index contributed by atoms with van der Waals surface area (Å²) in [5, 5.41) is 8.97. The van der Waals surface area contributed by atoms with Crippen LogP contribution in [0.15, 0.2) is 0 Å². The molecular weight excluding hydrogens is 180 g/mol. The van der Waals surface area contributed by atoms with Gasteiger partial charge in [0, 0.05) is 19.1 Å². The van der Waals surface area contributed by atoms with Crippen LogP contribution in [0.5, 0.6) is 0 Å². The first kappa shape index (κ1) is 9.93. The lowest BCUT2D eigenvalue weighted by atomic mass is 9.93. The minimum atomic E-state index is -0.738. The van der Waals surface area contributed by atoms with Gasteiger partial charge in [0.2, 0.25) is 0 Å². The van der Waals surface area contributed by atoms with E-state index in [0.717, 1.165) is 25.4 Å². The molecule has 4 heteroatoms. The van der Waals surface area contributed by atoms with Crippen molar-refractivity contribution in [1.29, 1.82) is 0 Å². The van der Waals surface area contributed by atoms with Gasteiger partial charge in [-0.25, -0.2) is 0 Å². The molecule has 2 aliphatic rings. The van der Waals surface area contributed by atoms with Crippen LogP contribution in [0.2, 0.25) is 0 Å². The molecule has 2 unspecified atom stereocenters. The third-order valence-corrected chi connectivity index (χ3v) is 3.28. The monoisotopic (exact) mass is 198 g/mol. The van der Waals surface area contributed by atoms with E-state index in [-0.39, 0.29) is 12.0 Å². The third-order valence-electron chi connectivity index (χ3n) is 3.28. The first-order valence-corrected chi connectivity index (χ1v) is 5.37. The lowest BCUT2D eigenvalue weighted by Gasteiger charge is -2.34. The van der Waals surface area contributed by atoms with Crippen molar-refractivity contribution in [3.63, 3.8) is 0 Å². The maximum absolute atomic E-state index is 10.9. The van der Waals surface area contributed by atoms with Crippen LogP contribution in [-0.4, -0.2) is 41.7 Å². The first-order valence-electron chi connectivity index (χ1n) is 5.37. The molecule has 0 radical (unpaired) electrons. The Hall–Kier alpha value is -0.610. The van der Waals surface area contributed by atoms with Crippen LogP contribution >= 0.6 is 0 Å². The average Bonchev–Trinajstić information content (AvgIpc) is 2.92. The normalized spacial score (nSPS) is 34.4. The molecule has 4 nitrogen and oxygen atoms in total. The molecule has 0 aromatic rings. The summed E-state index contributed by atoms with van der Waals surface area (Å²) >= 11 is 0. The molecule has 3 N–H and O–H groups in total. The number of nitrogens with two attached hydrogens (primary N) is 1. The predicted molar refractivity (Wildman–Crippen MR) is 52.9 cm³/mol. The number of carbonyl (C=O) groups is 1. The molecule has 1 aliphatic heterocycles. The van der Waals surface area contributed by atoms with Gasteiger partial charge in [-0.1, -0.05) is 0 Å². The molecule has 0 spiro atoms. The van der Waals surface area contributed by atoms with Gasteiger partial charge < -0.3 is 15.7 Å². The zero-order valence-electron chi connectivity index (χ0n) is 8.35. The van der Waals surface area contributed by atoms with Gasteiger partial charge in [-0.15, -0.1) is 0 Å². The summed E-state index contributed by atoms with van der Waals surface area (Å²) in [6.07, 6.45) is 3.46. The number of hydrogen-bond donors (Lipinski definition) is 2. The van der Waals surface area contributed by atoms with E-state index in [1.165, 1.54) is 12.8 Å². The highest BCUT2D eigenvalue weighted by atomic mass is 16.4. The fourth-order valence-corrected chi connectivity index (χ4v) is 2.13. The van der Waals surface area contributed by atoms with Gasteiger partial charge in [-0.3, -0.25) is 4.79 Å². The van der Waals surface area contributed by atoms with Crippen molar-refractivity contribution >= 4 is 5.97 Å². The van der Waals surface area contributed by atoms with Gasteiger partial charge in [0.1, 0.15) is 0 Å². The number of carboxylic acid groups (broad SMARTS) is 1. The van der Waals surface area contributed by atoms with E-state index >= 15 is 0 Å². The van der Waals surface area contributed by atoms with Crippen LogP contribution in [0.4, 0.5) is 0 Å². The molecule has 2 atom stereocenters. The van der Waals surface area contributed by atoms with E-state index in [0.29, 0.717) is 6.54 Å². The van der Waals surface area contributed by atoms with Crippen LogP contribution in [0.1, 0.15) is 19.3 Å². The number of likely N-dealkylation sites (tertiary alicyclic amines) is 1. The average molecular weight is 198 g/mol. The zero-order valence-corrected chi connectivity index (χ0v) is 8.35. The molecule has 1 saturated heterocycles. The Morgan fingerprint density at radius 3 is 2.71 bits per heavy atom. The second-order valence-corrected chi connectivity index (χ2v) is 4.60. The fourth-order valence-electron chi connectivity index (χ4n) is 2.13. The summed E-state index contributed by atoms with van der Waals surface area (Å²) < 4.78 is 0. The van der Waals surface area contributed by atoms with E-state index < -0.39 is 5.97 Å². The number of piperidine rings is 1. The molecule has 1 aliphatic carbocycles. The SMILES string of the molecule is NC1CCN(CC2CC2)CC1C(=O)O. The van der Waals surface area contributed by atoms with E-state index in [9.17, 15) is 4.79 Å². The summed E-state index contributed by atoms with van der Waals surface area (Å²) in [6, 6.07) is -0.150. The summed E-state index contributed by atoms with van der Waals surface area (Å²) in [4.78, 5) is 13.2. The molecule has 1 heterocycles. The highest BCUT2D eigenvalue weighted by Crippen LogP contribution is 2.31. The van der Waals surface area contributed by atoms with Gasteiger partial charge in [-0.05, 0) is 31.7 Å². The molecular formula is C10H18N2O2. The Morgan fingerprint density at radius 1 is 1.43 bits per heavy atom. The van der Waals surface area contributed by atoms with Crippen LogP contribution in [0.25, 0.3) is 0 Å². The second kappa shape index (κ2) is 3.87. The minimum absolute atomic E-state index is 0.150. The smallest absolute Gasteiger partial charge is 0.309 e. The molecule has 0 aromatic heterocycles. The highest BCUT2D eigenvalue weighted by Gasteiger charge is 2.34. The summed E-state index contributed by atoms with van der Waals surface area (Å²) in [5.41, 5.74) is 5.78. The van der Waals surface area contributed by atoms with Crippen molar-refractivity contribution in [1.82, 2.24) is 4.90 Å². The second-order valence-electron chi connectivity index (χ2n) is 4.60. The molecule has 0 amide bonds. The van der Waals surface area contributed by atoms with Crippen molar-refractivity contribution < 1.29 is 9.90 Å². The van der Waals surface area contributed by atoms with Gasteiger partial charge in [-0.2, -0.15) is 0 Å². The molecule has 0 aromatic carbocycles. The van der Waals surface area contributed by atoms with Crippen molar-refractivity contribution in [3.8, 4) is 0 Å². The van der Waals surface area contributed by atoms with E-state index in [1.807, 2.05) is 0 Å². The Kier molecular flexibility index (Phi) is 2.74. The molecule has 80 valence electrons. The van der Waals surface area contributed by atoms with Crippen LogP contribution in [0.3, 0.4) is 0 Å². The quantitative estimate of drug-likeness (QED) is 0.676. The maximum Gasteiger partial charge on any atom is 0.309 e. The van der Waals surface area contributed by atoms with Gasteiger partial charge in [0.05, 0.1) is 5.92 Å². The van der Waals surface area contributed by atoms with E-state index in [4.69, 9.17) is 10.8 Å². The van der Waals surface area contributed by atoms with Crippen molar-refractivity contribution in [2.45, 2.75) is 25.3 Å². The summed E-state index contributed by atoms with van der Waals surface area (Å²) in [5.74, 6) is -0.265. The van der Waals surface area contributed by atoms with Gasteiger partial charge in [0.15, 0.2) is 0 Å². The van der Waals surface area contributed by atoms with Crippen molar-refractivity contribution in [2.75, 3.05) is 19.6 Å². The Balaban J connectivity index is 1.86. The Morgan fingerprint density at radius 2 is 2.14 bits per heavy atom. The van der Waals surface area contributed by atoms with Gasteiger partial charge in [0.25, 0.3) is 0 Å². The van der Waals surface area contributed by atoms with Crippen LogP contribution in [0, 0.1) is 11.8 Å². The fraction of sp³-hybridized carbons (Fsp3) is 0.900. The molecule has 1 saturated carbocycles. The van der Waals surface area contributed by atoms with E-state index in [2.05, 4.69) is 4.90 Å². The highest BCUT2D eigenvalue weighted by molar-refractivity contribution is 5.71. The molecule has 2 fully saturated rings. The number of nitrogens with zero attached hydrogens (tertiary/aromatic N) is 1. The van der Waals surface area contributed by atoms with Crippen LogP contribution in [-0.2, 0) is 4.79 Å². The van der Waals surface area contributed by atoms with Gasteiger partial charge >= 0.3 is 5.97 Å². The first-order chi connectivity index (χ1) is 6.66. The lowest BCUT2D eigenvalue weighted by molar-refractivity contribution is -0.144. The molecule has 2 rings (SSSR count). The Labute approximate surface area is 84.1 Å². The van der Waals surface area contributed by atoms with Crippen molar-refractivity contribution in [2.24, 2.45) is 17.6 Å². The number of aliphatic carboxylic acids is 1. The van der Waals surface area contributed by atoms with Crippen molar-refractivity contribution in [3.05, 3.63) is 0 Å². The predicted octanol–water partition coefficient (Wildman–Crippen LogP) is 0.130. The van der Waals surface area contributed by atoms with E-state index in [1.54, 1.807) is 0 Å². The molecule has 14 heavy (non-hydrogen) atoms.